The fourth-order valence-corrected chi connectivity index (χ4v) is 3.85. The summed E-state index contributed by atoms with van der Waals surface area (Å²) in [5, 5.41) is 0. The van der Waals surface area contributed by atoms with Crippen molar-refractivity contribution in [2.45, 2.75) is 71.4 Å². The first-order valence-electron chi connectivity index (χ1n) is 7.83. The third-order valence-electron chi connectivity index (χ3n) is 5.34. The molecule has 0 amide bonds. The van der Waals surface area contributed by atoms with Crippen molar-refractivity contribution in [3.63, 3.8) is 0 Å². The second-order valence-corrected chi connectivity index (χ2v) is 6.71. The Morgan fingerprint density at radius 2 is 2.11 bits per heavy atom. The number of hydrogen-bond acceptors (Lipinski definition) is 3. The van der Waals surface area contributed by atoms with E-state index < -0.39 is 0 Å². The Morgan fingerprint density at radius 3 is 2.74 bits per heavy atom. The maximum atomic E-state index is 6.15. The average molecular weight is 270 g/mol. The summed E-state index contributed by atoms with van der Waals surface area (Å²) in [5.41, 5.74) is -0.119. The topological polar surface area (TPSA) is 27.7 Å². The smallest absolute Gasteiger partial charge is 0.182 e. The molecule has 2 rings (SSSR count). The molecule has 0 bridgehead atoms. The number of methoxy groups -OCH3 is 1. The van der Waals surface area contributed by atoms with Gasteiger partial charge in [0.25, 0.3) is 0 Å². The molecule has 112 valence electrons. The maximum Gasteiger partial charge on any atom is 0.182 e. The minimum absolute atomic E-state index is 0.119. The first-order valence-corrected chi connectivity index (χ1v) is 7.83. The molecule has 19 heavy (non-hydrogen) atoms. The molecule has 1 saturated carbocycles. The molecule has 0 aromatic rings. The van der Waals surface area contributed by atoms with Crippen LogP contribution in [0.5, 0.6) is 0 Å². The molecule has 0 unspecified atom stereocenters. The third-order valence-corrected chi connectivity index (χ3v) is 5.34. The highest BCUT2D eigenvalue weighted by atomic mass is 16.8. The van der Waals surface area contributed by atoms with Gasteiger partial charge >= 0.3 is 0 Å². The highest BCUT2D eigenvalue weighted by Crippen LogP contribution is 2.48. The molecule has 0 aromatic heterocycles. The van der Waals surface area contributed by atoms with Gasteiger partial charge in [-0.05, 0) is 37.5 Å². The number of fused-ring (bicyclic) bond motifs is 1. The molecular weight excluding hydrogens is 240 g/mol. The fourth-order valence-electron chi connectivity index (χ4n) is 3.85. The zero-order chi connectivity index (χ0) is 14.0. The minimum atomic E-state index is -0.178. The van der Waals surface area contributed by atoms with Crippen molar-refractivity contribution >= 4 is 0 Å². The normalized spacial score (nSPS) is 44.1. The fraction of sp³-hybridized carbons (Fsp3) is 1.00. The molecule has 2 fully saturated rings. The minimum Gasteiger partial charge on any atom is -0.379 e. The van der Waals surface area contributed by atoms with E-state index in [1.165, 1.54) is 19.3 Å². The first-order chi connectivity index (χ1) is 9.01. The molecule has 3 nitrogen and oxygen atoms in total. The van der Waals surface area contributed by atoms with Gasteiger partial charge in [0.05, 0.1) is 18.3 Å². The van der Waals surface area contributed by atoms with Crippen LogP contribution in [0.1, 0.15) is 53.4 Å². The van der Waals surface area contributed by atoms with Crippen LogP contribution in [0.3, 0.4) is 0 Å². The van der Waals surface area contributed by atoms with E-state index in [1.807, 2.05) is 0 Å². The van der Waals surface area contributed by atoms with Crippen LogP contribution < -0.4 is 0 Å². The third kappa shape index (κ3) is 2.98. The van der Waals surface area contributed by atoms with Gasteiger partial charge in [0.1, 0.15) is 0 Å². The van der Waals surface area contributed by atoms with Crippen molar-refractivity contribution in [2.24, 2.45) is 17.8 Å². The van der Waals surface area contributed by atoms with Gasteiger partial charge in [-0.15, -0.1) is 0 Å². The monoisotopic (exact) mass is 270 g/mol. The number of rotatable bonds is 5. The zero-order valence-corrected chi connectivity index (χ0v) is 13.1. The van der Waals surface area contributed by atoms with Crippen molar-refractivity contribution in [2.75, 3.05) is 13.7 Å². The van der Waals surface area contributed by atoms with Crippen molar-refractivity contribution < 1.29 is 14.2 Å². The summed E-state index contributed by atoms with van der Waals surface area (Å²) in [4.78, 5) is 0. The molecule has 1 saturated heterocycles. The largest absolute Gasteiger partial charge is 0.379 e. The lowest BCUT2D eigenvalue weighted by atomic mass is 9.67. The van der Waals surface area contributed by atoms with Gasteiger partial charge in [-0.25, -0.2) is 0 Å². The van der Waals surface area contributed by atoms with E-state index in [-0.39, 0.29) is 18.0 Å². The molecule has 0 N–H and O–H groups in total. The molecule has 6 atom stereocenters. The predicted molar refractivity (Wildman–Crippen MR) is 76.0 cm³/mol. The molecule has 1 heterocycles. The Bertz CT molecular complexity index is 294. The van der Waals surface area contributed by atoms with E-state index in [0.717, 1.165) is 18.3 Å². The van der Waals surface area contributed by atoms with E-state index >= 15 is 0 Å². The van der Waals surface area contributed by atoms with Crippen molar-refractivity contribution in [1.82, 2.24) is 0 Å². The molecule has 1 aliphatic carbocycles. The van der Waals surface area contributed by atoms with Gasteiger partial charge in [0.2, 0.25) is 0 Å². The molecule has 0 spiro atoms. The predicted octanol–water partition coefficient (Wildman–Crippen LogP) is 3.62. The van der Waals surface area contributed by atoms with Crippen LogP contribution >= 0.6 is 0 Å². The summed E-state index contributed by atoms with van der Waals surface area (Å²) in [7, 11) is 1.70. The van der Waals surface area contributed by atoms with Gasteiger partial charge < -0.3 is 14.2 Å². The quantitative estimate of drug-likeness (QED) is 0.763. The van der Waals surface area contributed by atoms with E-state index in [1.54, 1.807) is 7.11 Å². The number of hydrogen-bond donors (Lipinski definition) is 0. The van der Waals surface area contributed by atoms with Crippen molar-refractivity contribution in [1.29, 1.82) is 0 Å². The van der Waals surface area contributed by atoms with Gasteiger partial charge in [0, 0.05) is 7.11 Å². The van der Waals surface area contributed by atoms with E-state index in [2.05, 4.69) is 27.7 Å². The van der Waals surface area contributed by atoms with Crippen LogP contribution in [0.4, 0.5) is 0 Å². The molecule has 2 aliphatic rings. The van der Waals surface area contributed by atoms with Crippen LogP contribution in [-0.2, 0) is 14.2 Å². The van der Waals surface area contributed by atoms with Crippen molar-refractivity contribution in [3.8, 4) is 0 Å². The Morgan fingerprint density at radius 1 is 1.37 bits per heavy atom. The highest BCUT2D eigenvalue weighted by Gasteiger charge is 2.53. The SMILES string of the molecule is CCC[C@@H](C)[C@H]1C[C@@H](C)[C@@]2(C)O[C@H](COC)O[C@H]2C1. The summed E-state index contributed by atoms with van der Waals surface area (Å²) in [5.74, 6) is 2.12. The Kier molecular flexibility index (Phi) is 4.91. The summed E-state index contributed by atoms with van der Waals surface area (Å²) < 4.78 is 17.4. The second-order valence-electron chi connectivity index (χ2n) is 6.71. The molecule has 3 heteroatoms. The summed E-state index contributed by atoms with van der Waals surface area (Å²) >= 11 is 0. The average Bonchev–Trinajstić information content (AvgIpc) is 2.67. The lowest BCUT2D eigenvalue weighted by molar-refractivity contribution is -0.129. The molecule has 1 aliphatic heterocycles. The molecular formula is C16H30O3. The Hall–Kier alpha value is -0.120. The zero-order valence-electron chi connectivity index (χ0n) is 13.1. The van der Waals surface area contributed by atoms with Gasteiger partial charge in [-0.3, -0.25) is 0 Å². The maximum absolute atomic E-state index is 6.15. The van der Waals surface area contributed by atoms with E-state index in [9.17, 15) is 0 Å². The Labute approximate surface area is 118 Å². The summed E-state index contributed by atoms with van der Waals surface area (Å²) in [6, 6.07) is 0. The van der Waals surface area contributed by atoms with Crippen LogP contribution in [0, 0.1) is 17.8 Å². The molecule has 0 aromatic carbocycles. The van der Waals surface area contributed by atoms with Crippen LogP contribution in [0.25, 0.3) is 0 Å². The van der Waals surface area contributed by atoms with Crippen LogP contribution in [0.2, 0.25) is 0 Å². The lowest BCUT2D eigenvalue weighted by Gasteiger charge is -2.44. The van der Waals surface area contributed by atoms with E-state index in [4.69, 9.17) is 14.2 Å². The standard InChI is InChI=1S/C16H30O3/c1-6-7-11(2)13-8-12(3)16(4)14(9-13)18-15(19-16)10-17-5/h11-15H,6-10H2,1-5H3/t11-,12-,13+,14+,15-,16-/m1/s1. The van der Waals surface area contributed by atoms with Crippen LogP contribution in [-0.4, -0.2) is 31.7 Å². The second kappa shape index (κ2) is 6.11. The first kappa shape index (κ1) is 15.3. The van der Waals surface area contributed by atoms with Crippen molar-refractivity contribution in [3.05, 3.63) is 0 Å². The Balaban J connectivity index is 2.03. The highest BCUT2D eigenvalue weighted by molar-refractivity contribution is 5.00. The summed E-state index contributed by atoms with van der Waals surface area (Å²) in [6.07, 6.45) is 5.06. The lowest BCUT2D eigenvalue weighted by Crippen LogP contribution is -2.49. The van der Waals surface area contributed by atoms with Gasteiger partial charge in [0.15, 0.2) is 6.29 Å². The van der Waals surface area contributed by atoms with Crippen LogP contribution in [0.15, 0.2) is 0 Å². The van der Waals surface area contributed by atoms with E-state index in [0.29, 0.717) is 12.5 Å². The van der Waals surface area contributed by atoms with Gasteiger partial charge in [-0.2, -0.15) is 0 Å². The molecule has 0 radical (unpaired) electrons. The summed E-state index contributed by atoms with van der Waals surface area (Å²) in [6.45, 7) is 9.74. The van der Waals surface area contributed by atoms with Gasteiger partial charge in [-0.1, -0.05) is 33.6 Å². The number of ether oxygens (including phenoxy) is 3.